The number of hydrogen-bond acceptors (Lipinski definition) is 2. The van der Waals surface area contributed by atoms with E-state index in [1.165, 1.54) is 25.7 Å². The minimum absolute atomic E-state index is 0.319. The zero-order valence-corrected chi connectivity index (χ0v) is 12.4. The molecule has 2 nitrogen and oxygen atoms in total. The van der Waals surface area contributed by atoms with Crippen LogP contribution in [0.5, 0.6) is 5.75 Å². The van der Waals surface area contributed by atoms with Crippen LogP contribution < -0.4 is 10.1 Å². The first-order valence-corrected chi connectivity index (χ1v) is 7.85. The minimum atomic E-state index is 0.319. The van der Waals surface area contributed by atoms with Crippen molar-refractivity contribution in [3.8, 4) is 5.75 Å². The van der Waals surface area contributed by atoms with Gasteiger partial charge in [-0.15, -0.1) is 0 Å². The molecule has 1 saturated carbocycles. The molecule has 1 fully saturated rings. The Balaban J connectivity index is 1.67. The van der Waals surface area contributed by atoms with E-state index in [-0.39, 0.29) is 0 Å². The fourth-order valence-electron chi connectivity index (χ4n) is 2.88. The average Bonchev–Trinajstić information content (AvgIpc) is 2.32. The van der Waals surface area contributed by atoms with Crippen LogP contribution in [0.1, 0.15) is 43.7 Å². The Morgan fingerprint density at radius 3 is 2.79 bits per heavy atom. The van der Waals surface area contributed by atoms with E-state index >= 15 is 0 Å². The Hall–Kier alpha value is -0.440. The van der Waals surface area contributed by atoms with E-state index in [2.05, 4.69) is 5.32 Å². The lowest BCUT2D eigenvalue weighted by Crippen LogP contribution is -2.29. The van der Waals surface area contributed by atoms with Crippen LogP contribution in [0.25, 0.3) is 0 Å². The van der Waals surface area contributed by atoms with Gasteiger partial charge < -0.3 is 10.1 Å². The molecule has 1 heterocycles. The van der Waals surface area contributed by atoms with E-state index in [0.29, 0.717) is 16.1 Å². The summed E-state index contributed by atoms with van der Waals surface area (Å²) in [4.78, 5) is 0. The lowest BCUT2D eigenvalue weighted by atomic mass is 9.83. The summed E-state index contributed by atoms with van der Waals surface area (Å²) in [5.41, 5.74) is 1.11. The van der Waals surface area contributed by atoms with Crippen molar-refractivity contribution in [2.75, 3.05) is 13.2 Å². The van der Waals surface area contributed by atoms with Crippen molar-refractivity contribution in [1.29, 1.82) is 0 Å². The van der Waals surface area contributed by atoms with Crippen LogP contribution in [0.15, 0.2) is 12.1 Å². The van der Waals surface area contributed by atoms with Crippen LogP contribution in [0, 0.1) is 5.92 Å². The second kappa shape index (κ2) is 5.90. The summed E-state index contributed by atoms with van der Waals surface area (Å²) < 4.78 is 5.67. The maximum Gasteiger partial charge on any atom is 0.142 e. The molecule has 104 valence electrons. The Kier molecular flexibility index (Phi) is 4.21. The predicted molar refractivity (Wildman–Crippen MR) is 79.3 cm³/mol. The van der Waals surface area contributed by atoms with Crippen molar-refractivity contribution in [2.24, 2.45) is 5.92 Å². The van der Waals surface area contributed by atoms with Gasteiger partial charge in [-0.25, -0.2) is 0 Å². The highest BCUT2D eigenvalue weighted by atomic mass is 35.5. The van der Waals surface area contributed by atoms with Gasteiger partial charge in [0.1, 0.15) is 5.75 Å². The fraction of sp³-hybridized carbons (Fsp3) is 0.600. The van der Waals surface area contributed by atoms with E-state index in [4.69, 9.17) is 27.9 Å². The highest BCUT2D eigenvalue weighted by Gasteiger charge is 2.24. The van der Waals surface area contributed by atoms with Crippen molar-refractivity contribution in [3.63, 3.8) is 0 Å². The first-order chi connectivity index (χ1) is 9.24. The molecular weight excluding hydrogens is 281 g/mol. The Morgan fingerprint density at radius 2 is 2.05 bits per heavy atom. The largest absolute Gasteiger partial charge is 0.492 e. The molecule has 0 amide bonds. The van der Waals surface area contributed by atoms with Gasteiger partial charge in [0.05, 0.1) is 11.6 Å². The number of halogens is 2. The number of ether oxygens (including phenoxy) is 1. The van der Waals surface area contributed by atoms with E-state index in [1.54, 1.807) is 6.07 Å². The average molecular weight is 300 g/mol. The number of hydrogen-bond donors (Lipinski definition) is 1. The van der Waals surface area contributed by atoms with Crippen LogP contribution in [0.4, 0.5) is 0 Å². The molecule has 0 aromatic heterocycles. The maximum atomic E-state index is 6.19. The van der Waals surface area contributed by atoms with E-state index in [1.807, 2.05) is 6.07 Å². The standard InChI is InChI=1S/C15H19Cl2NO/c16-11-8-12-14(18-6-4-10-2-1-3-10)5-7-19-15(12)13(17)9-11/h8-10,14,18H,1-7H2. The van der Waals surface area contributed by atoms with E-state index < -0.39 is 0 Å². The molecule has 0 spiro atoms. The third kappa shape index (κ3) is 3.01. The van der Waals surface area contributed by atoms with Gasteiger partial charge in [-0.05, 0) is 31.0 Å². The number of rotatable bonds is 4. The molecular formula is C15H19Cl2NO. The number of benzene rings is 1. The fourth-order valence-corrected chi connectivity index (χ4v) is 3.44. The second-order valence-electron chi connectivity index (χ2n) is 5.54. The van der Waals surface area contributed by atoms with Crippen LogP contribution in [-0.4, -0.2) is 13.2 Å². The second-order valence-corrected chi connectivity index (χ2v) is 6.38. The summed E-state index contributed by atoms with van der Waals surface area (Å²) in [6.07, 6.45) is 6.48. The van der Waals surface area contributed by atoms with Crippen molar-refractivity contribution in [1.82, 2.24) is 5.32 Å². The van der Waals surface area contributed by atoms with Crippen LogP contribution in [0.2, 0.25) is 10.0 Å². The Bertz CT molecular complexity index is 460. The first-order valence-electron chi connectivity index (χ1n) is 7.09. The SMILES string of the molecule is Clc1cc(Cl)c2c(c1)C(NCCC1CCC1)CCO2. The van der Waals surface area contributed by atoms with Gasteiger partial charge in [-0.1, -0.05) is 42.5 Å². The van der Waals surface area contributed by atoms with Gasteiger partial charge in [0.15, 0.2) is 0 Å². The van der Waals surface area contributed by atoms with Gasteiger partial charge in [0, 0.05) is 23.0 Å². The molecule has 0 saturated heterocycles. The monoisotopic (exact) mass is 299 g/mol. The number of nitrogens with one attached hydrogen (secondary N) is 1. The molecule has 4 heteroatoms. The van der Waals surface area contributed by atoms with Crippen molar-refractivity contribution >= 4 is 23.2 Å². The van der Waals surface area contributed by atoms with Crippen molar-refractivity contribution in [3.05, 3.63) is 27.7 Å². The quantitative estimate of drug-likeness (QED) is 0.877. The molecule has 19 heavy (non-hydrogen) atoms. The van der Waals surface area contributed by atoms with Crippen LogP contribution in [0.3, 0.4) is 0 Å². The molecule has 1 N–H and O–H groups in total. The van der Waals surface area contributed by atoms with E-state index in [0.717, 1.165) is 36.8 Å². The first kappa shape index (κ1) is 13.5. The molecule has 3 rings (SSSR count). The minimum Gasteiger partial charge on any atom is -0.492 e. The Labute approximate surface area is 124 Å². The van der Waals surface area contributed by atoms with E-state index in [9.17, 15) is 0 Å². The summed E-state index contributed by atoms with van der Waals surface area (Å²) in [5, 5.41) is 4.93. The molecule has 1 unspecified atom stereocenters. The molecule has 1 aliphatic carbocycles. The molecule has 1 aromatic rings. The molecule has 1 atom stereocenters. The summed E-state index contributed by atoms with van der Waals surface area (Å²) >= 11 is 12.3. The topological polar surface area (TPSA) is 21.3 Å². The van der Waals surface area contributed by atoms with Gasteiger partial charge in [0.2, 0.25) is 0 Å². The zero-order chi connectivity index (χ0) is 13.2. The highest BCUT2D eigenvalue weighted by molar-refractivity contribution is 6.35. The van der Waals surface area contributed by atoms with Crippen LogP contribution >= 0.6 is 23.2 Å². The highest BCUT2D eigenvalue weighted by Crippen LogP contribution is 2.40. The lowest BCUT2D eigenvalue weighted by molar-refractivity contribution is 0.242. The summed E-state index contributed by atoms with van der Waals surface area (Å²) in [6.45, 7) is 1.79. The summed E-state index contributed by atoms with van der Waals surface area (Å²) in [7, 11) is 0. The molecule has 0 bridgehead atoms. The maximum absolute atomic E-state index is 6.19. The lowest BCUT2D eigenvalue weighted by Gasteiger charge is -2.30. The molecule has 1 aromatic carbocycles. The smallest absolute Gasteiger partial charge is 0.142 e. The number of fused-ring (bicyclic) bond motifs is 1. The van der Waals surface area contributed by atoms with Gasteiger partial charge in [-0.2, -0.15) is 0 Å². The van der Waals surface area contributed by atoms with Gasteiger partial charge in [-0.3, -0.25) is 0 Å². The van der Waals surface area contributed by atoms with Crippen molar-refractivity contribution < 1.29 is 4.74 Å². The molecule has 1 aliphatic heterocycles. The Morgan fingerprint density at radius 1 is 1.21 bits per heavy atom. The normalized spacial score (nSPS) is 22.5. The van der Waals surface area contributed by atoms with Gasteiger partial charge >= 0.3 is 0 Å². The molecule has 0 radical (unpaired) electrons. The van der Waals surface area contributed by atoms with Crippen LogP contribution in [-0.2, 0) is 0 Å². The molecule has 2 aliphatic rings. The third-order valence-corrected chi connectivity index (χ3v) is 4.73. The van der Waals surface area contributed by atoms with Crippen molar-refractivity contribution in [2.45, 2.75) is 38.1 Å². The summed E-state index contributed by atoms with van der Waals surface area (Å²) in [6, 6.07) is 4.04. The third-order valence-electron chi connectivity index (χ3n) is 4.23. The predicted octanol–water partition coefficient (Wildman–Crippen LogP) is 4.60. The summed E-state index contributed by atoms with van der Waals surface area (Å²) in [5.74, 6) is 1.74. The zero-order valence-electron chi connectivity index (χ0n) is 10.9. The van der Waals surface area contributed by atoms with Gasteiger partial charge in [0.25, 0.3) is 0 Å².